The van der Waals surface area contributed by atoms with Crippen molar-refractivity contribution in [3.63, 3.8) is 0 Å². The third-order valence-corrected chi connectivity index (χ3v) is 2.99. The third kappa shape index (κ3) is 5.39. The van der Waals surface area contributed by atoms with Gasteiger partial charge in [0, 0.05) is 12.4 Å². The minimum atomic E-state index is -0.650. The quantitative estimate of drug-likeness (QED) is 0.522. The second kappa shape index (κ2) is 7.54. The van der Waals surface area contributed by atoms with Crippen molar-refractivity contribution >= 4 is 23.5 Å². The lowest BCUT2D eigenvalue weighted by Gasteiger charge is -2.29. The van der Waals surface area contributed by atoms with Crippen LogP contribution in [0.3, 0.4) is 0 Å². The minimum Gasteiger partial charge on any atom is -0.465 e. The summed E-state index contributed by atoms with van der Waals surface area (Å²) in [7, 11) is 0. The van der Waals surface area contributed by atoms with Gasteiger partial charge in [0.15, 0.2) is 0 Å². The molecule has 17 heavy (non-hydrogen) atoms. The standard InChI is InChI=1S/C12H22ClNO3/c1-5-7-14(8-10(15)17-6-2)11(16)12(3,4)9-13/h5-9H2,1-4H3. The van der Waals surface area contributed by atoms with E-state index in [-0.39, 0.29) is 24.3 Å². The SMILES string of the molecule is CCCN(CC(=O)OCC)C(=O)C(C)(C)CCl. The Morgan fingerprint density at radius 3 is 2.29 bits per heavy atom. The van der Waals surface area contributed by atoms with Crippen molar-refractivity contribution in [1.29, 1.82) is 0 Å². The van der Waals surface area contributed by atoms with Gasteiger partial charge in [-0.2, -0.15) is 0 Å². The second-order valence-electron chi connectivity index (χ2n) is 4.55. The van der Waals surface area contributed by atoms with Crippen LogP contribution in [0.2, 0.25) is 0 Å². The van der Waals surface area contributed by atoms with Crippen molar-refractivity contribution in [1.82, 2.24) is 4.90 Å². The predicted molar refractivity (Wildman–Crippen MR) is 68.0 cm³/mol. The van der Waals surface area contributed by atoms with Crippen LogP contribution in [-0.4, -0.2) is 42.4 Å². The molecule has 0 saturated carbocycles. The largest absolute Gasteiger partial charge is 0.465 e. The maximum Gasteiger partial charge on any atom is 0.325 e. The Balaban J connectivity index is 4.62. The molecule has 0 aliphatic heterocycles. The zero-order valence-electron chi connectivity index (χ0n) is 11.1. The predicted octanol–water partition coefficient (Wildman–Crippen LogP) is 2.05. The summed E-state index contributed by atoms with van der Waals surface area (Å²) < 4.78 is 4.85. The number of ether oxygens (including phenoxy) is 1. The first-order valence-corrected chi connectivity index (χ1v) is 6.43. The summed E-state index contributed by atoms with van der Waals surface area (Å²) >= 11 is 5.77. The van der Waals surface area contributed by atoms with Gasteiger partial charge < -0.3 is 9.64 Å². The summed E-state index contributed by atoms with van der Waals surface area (Å²) in [5.74, 6) is -0.253. The number of nitrogens with zero attached hydrogens (tertiary/aromatic N) is 1. The first-order chi connectivity index (χ1) is 7.88. The Kier molecular flexibility index (Phi) is 7.19. The number of carbonyl (C=O) groups excluding carboxylic acids is 2. The third-order valence-electron chi connectivity index (χ3n) is 2.32. The summed E-state index contributed by atoms with van der Waals surface area (Å²) in [6.45, 7) is 8.11. The Labute approximate surface area is 108 Å². The van der Waals surface area contributed by atoms with E-state index >= 15 is 0 Å². The summed E-state index contributed by atoms with van der Waals surface area (Å²) in [6, 6.07) is 0. The molecule has 100 valence electrons. The highest BCUT2D eigenvalue weighted by Crippen LogP contribution is 2.20. The van der Waals surface area contributed by atoms with Crippen molar-refractivity contribution in [2.45, 2.75) is 34.1 Å². The van der Waals surface area contributed by atoms with Gasteiger partial charge in [-0.25, -0.2) is 0 Å². The maximum atomic E-state index is 12.2. The highest BCUT2D eigenvalue weighted by atomic mass is 35.5. The molecule has 0 spiro atoms. The van der Waals surface area contributed by atoms with Gasteiger partial charge in [-0.15, -0.1) is 11.6 Å². The number of halogens is 1. The van der Waals surface area contributed by atoms with E-state index in [4.69, 9.17) is 16.3 Å². The zero-order valence-corrected chi connectivity index (χ0v) is 11.8. The van der Waals surface area contributed by atoms with Gasteiger partial charge in [-0.3, -0.25) is 9.59 Å². The fourth-order valence-corrected chi connectivity index (χ4v) is 1.48. The molecule has 1 amide bonds. The molecular weight excluding hydrogens is 242 g/mol. The van der Waals surface area contributed by atoms with Crippen molar-refractivity contribution in [3.8, 4) is 0 Å². The number of hydrogen-bond acceptors (Lipinski definition) is 3. The van der Waals surface area contributed by atoms with Crippen LogP contribution in [0.4, 0.5) is 0 Å². The summed E-state index contributed by atoms with van der Waals surface area (Å²) in [4.78, 5) is 25.1. The summed E-state index contributed by atoms with van der Waals surface area (Å²) in [6.07, 6.45) is 0.795. The smallest absolute Gasteiger partial charge is 0.325 e. The van der Waals surface area contributed by atoms with E-state index in [1.165, 1.54) is 4.90 Å². The number of alkyl halides is 1. The summed E-state index contributed by atoms with van der Waals surface area (Å²) in [5, 5.41) is 0. The molecule has 0 aromatic heterocycles. The van der Waals surface area contributed by atoms with Gasteiger partial charge in [-0.1, -0.05) is 6.92 Å². The minimum absolute atomic E-state index is 0.000826. The van der Waals surface area contributed by atoms with Gasteiger partial charge in [0.1, 0.15) is 6.54 Å². The first-order valence-electron chi connectivity index (χ1n) is 5.90. The molecule has 0 aromatic carbocycles. The topological polar surface area (TPSA) is 46.6 Å². The van der Waals surface area contributed by atoms with Crippen LogP contribution in [0, 0.1) is 5.41 Å². The molecule has 0 rings (SSSR count). The van der Waals surface area contributed by atoms with Crippen molar-refractivity contribution < 1.29 is 14.3 Å². The second-order valence-corrected chi connectivity index (χ2v) is 4.82. The molecule has 0 aliphatic rings. The molecule has 0 aliphatic carbocycles. The Bertz CT molecular complexity index is 266. The summed E-state index contributed by atoms with van der Waals surface area (Å²) in [5.41, 5.74) is -0.650. The molecule has 0 aromatic rings. The monoisotopic (exact) mass is 263 g/mol. The molecule has 0 unspecified atom stereocenters. The maximum absolute atomic E-state index is 12.2. The molecule has 0 radical (unpaired) electrons. The van der Waals surface area contributed by atoms with Gasteiger partial charge in [-0.05, 0) is 27.2 Å². The van der Waals surface area contributed by atoms with E-state index < -0.39 is 5.41 Å². The average molecular weight is 264 g/mol. The van der Waals surface area contributed by atoms with Crippen LogP contribution < -0.4 is 0 Å². The number of rotatable bonds is 7. The van der Waals surface area contributed by atoms with Crippen molar-refractivity contribution in [2.24, 2.45) is 5.41 Å². The first kappa shape index (κ1) is 16.2. The van der Waals surface area contributed by atoms with Crippen LogP contribution >= 0.6 is 11.6 Å². The van der Waals surface area contributed by atoms with Crippen LogP contribution in [0.1, 0.15) is 34.1 Å². The number of carbonyl (C=O) groups is 2. The number of amides is 1. The lowest BCUT2D eigenvalue weighted by molar-refractivity contribution is -0.151. The van der Waals surface area contributed by atoms with Crippen LogP contribution in [-0.2, 0) is 14.3 Å². The van der Waals surface area contributed by atoms with E-state index in [0.29, 0.717) is 13.2 Å². The Morgan fingerprint density at radius 1 is 1.29 bits per heavy atom. The molecule has 0 heterocycles. The average Bonchev–Trinajstić information content (AvgIpc) is 2.27. The van der Waals surface area contributed by atoms with E-state index in [1.54, 1.807) is 20.8 Å². The normalized spacial score (nSPS) is 11.1. The van der Waals surface area contributed by atoms with Crippen molar-refractivity contribution in [3.05, 3.63) is 0 Å². The molecular formula is C12H22ClNO3. The van der Waals surface area contributed by atoms with Gasteiger partial charge in [0.05, 0.1) is 12.0 Å². The lowest BCUT2D eigenvalue weighted by Crippen LogP contribution is -2.45. The number of hydrogen-bond donors (Lipinski definition) is 0. The molecule has 0 bridgehead atoms. The van der Waals surface area contributed by atoms with Gasteiger partial charge in [0.2, 0.25) is 5.91 Å². The van der Waals surface area contributed by atoms with Gasteiger partial charge in [0.25, 0.3) is 0 Å². The van der Waals surface area contributed by atoms with Crippen molar-refractivity contribution in [2.75, 3.05) is 25.6 Å². The van der Waals surface area contributed by atoms with Gasteiger partial charge >= 0.3 is 5.97 Å². The molecule has 0 atom stereocenters. The molecule has 4 nitrogen and oxygen atoms in total. The van der Waals surface area contributed by atoms with Crippen LogP contribution in [0.25, 0.3) is 0 Å². The number of esters is 1. The Morgan fingerprint density at radius 2 is 1.88 bits per heavy atom. The fourth-order valence-electron chi connectivity index (χ4n) is 1.37. The lowest BCUT2D eigenvalue weighted by atomic mass is 9.94. The van der Waals surface area contributed by atoms with E-state index in [1.807, 2.05) is 6.92 Å². The highest BCUT2D eigenvalue weighted by Gasteiger charge is 2.31. The molecule has 0 fully saturated rings. The van der Waals surface area contributed by atoms with Crippen LogP contribution in [0.5, 0.6) is 0 Å². The van der Waals surface area contributed by atoms with E-state index in [0.717, 1.165) is 6.42 Å². The van der Waals surface area contributed by atoms with E-state index in [2.05, 4.69) is 0 Å². The Hall–Kier alpha value is -0.770. The molecule has 5 heteroatoms. The van der Waals surface area contributed by atoms with E-state index in [9.17, 15) is 9.59 Å². The fraction of sp³-hybridized carbons (Fsp3) is 0.833. The van der Waals surface area contributed by atoms with Crippen LogP contribution in [0.15, 0.2) is 0 Å². The molecule has 0 saturated heterocycles. The molecule has 0 N–H and O–H groups in total. The zero-order chi connectivity index (χ0) is 13.5. The highest BCUT2D eigenvalue weighted by molar-refractivity contribution is 6.19.